The van der Waals surface area contributed by atoms with Gasteiger partial charge < -0.3 is 35.3 Å². The van der Waals surface area contributed by atoms with E-state index < -0.39 is 29.2 Å². The summed E-state index contributed by atoms with van der Waals surface area (Å²) in [6.07, 6.45) is 5.56. The number of fused-ring (bicyclic) bond motifs is 2. The third-order valence-corrected chi connectivity index (χ3v) is 9.05. The minimum absolute atomic E-state index is 0.0755. The molecular formula is C23H23N7O6S3. The van der Waals surface area contributed by atoms with E-state index in [-0.39, 0.29) is 35.4 Å². The molecule has 2 amide bonds. The molecule has 13 nitrogen and oxygen atoms in total. The predicted molar refractivity (Wildman–Crippen MR) is 143 cm³/mol. The van der Waals surface area contributed by atoms with Crippen molar-refractivity contribution in [2.24, 2.45) is 5.16 Å². The van der Waals surface area contributed by atoms with Crippen LogP contribution in [0.3, 0.4) is 0 Å². The summed E-state index contributed by atoms with van der Waals surface area (Å²) in [6, 6.07) is 2.92. The Morgan fingerprint density at radius 1 is 1.44 bits per heavy atom. The van der Waals surface area contributed by atoms with Gasteiger partial charge in [0, 0.05) is 22.5 Å². The molecule has 1 saturated heterocycles. The summed E-state index contributed by atoms with van der Waals surface area (Å²) in [5.74, 6) is -1.82. The Balaban J connectivity index is 1.33. The van der Waals surface area contributed by atoms with Crippen LogP contribution in [0.1, 0.15) is 5.69 Å². The number of oxime groups is 1. The Kier molecular flexibility index (Phi) is 7.79. The molecule has 1 fully saturated rings. The lowest BCUT2D eigenvalue weighted by atomic mass is 10.0. The maximum atomic E-state index is 13.1. The molecule has 0 bridgehead atoms. The van der Waals surface area contributed by atoms with Crippen LogP contribution in [0, 0.1) is 0 Å². The number of nitrogens with two attached hydrogens (primary N) is 1. The van der Waals surface area contributed by atoms with E-state index >= 15 is 0 Å². The number of nitrogens with zero attached hydrogens (tertiary/aromatic N) is 5. The van der Waals surface area contributed by atoms with Gasteiger partial charge in [-0.05, 0) is 12.1 Å². The molecule has 5 heterocycles. The van der Waals surface area contributed by atoms with Gasteiger partial charge in [-0.1, -0.05) is 5.16 Å². The molecule has 39 heavy (non-hydrogen) atoms. The molecule has 0 aliphatic carbocycles. The SMILES string of the molecule is CO/N=C(\C(=O)N[C@@H]1C(=O)N2C(C(=O)[O-])=C(C[n+]3ccn4c(SCCO)ccc4c3)CS[C@@H]12)c1csc(N)n1. The van der Waals surface area contributed by atoms with E-state index in [0.717, 1.165) is 26.8 Å². The number of thiazole rings is 1. The number of nitrogen functional groups attached to an aromatic ring is 1. The van der Waals surface area contributed by atoms with Crippen molar-refractivity contribution < 1.29 is 34.0 Å². The summed E-state index contributed by atoms with van der Waals surface area (Å²) in [4.78, 5) is 48.1. The molecule has 204 valence electrons. The van der Waals surface area contributed by atoms with Crippen LogP contribution in [0.2, 0.25) is 0 Å². The normalized spacial score (nSPS) is 19.2. The average molecular weight is 590 g/mol. The minimum Gasteiger partial charge on any atom is -0.543 e. The Labute approximate surface area is 234 Å². The first-order valence-electron chi connectivity index (χ1n) is 11.6. The van der Waals surface area contributed by atoms with Crippen molar-refractivity contribution >= 4 is 69.0 Å². The van der Waals surface area contributed by atoms with Crippen LogP contribution < -0.4 is 20.7 Å². The number of rotatable bonds is 10. The van der Waals surface area contributed by atoms with Crippen LogP contribution in [0.5, 0.6) is 0 Å². The van der Waals surface area contributed by atoms with Crippen LogP contribution in [-0.4, -0.2) is 79.5 Å². The zero-order valence-corrected chi connectivity index (χ0v) is 22.9. The van der Waals surface area contributed by atoms with Gasteiger partial charge in [0.15, 0.2) is 29.8 Å². The molecule has 3 aromatic heterocycles. The van der Waals surface area contributed by atoms with Gasteiger partial charge in [0.1, 0.15) is 29.7 Å². The van der Waals surface area contributed by atoms with Crippen LogP contribution in [-0.2, 0) is 25.8 Å². The second kappa shape index (κ2) is 11.3. The van der Waals surface area contributed by atoms with E-state index in [2.05, 4.69) is 15.5 Å². The molecule has 0 radical (unpaired) electrons. The highest BCUT2D eigenvalue weighted by Crippen LogP contribution is 2.40. The summed E-state index contributed by atoms with van der Waals surface area (Å²) in [7, 11) is 1.27. The van der Waals surface area contributed by atoms with Crippen molar-refractivity contribution in [1.82, 2.24) is 19.6 Å². The number of β-lactam (4-membered cyclic amide) rings is 1. The molecule has 16 heteroatoms. The molecule has 0 aromatic carbocycles. The number of nitrogens with one attached hydrogen (secondary N) is 1. The number of carbonyl (C=O) groups is 3. The van der Waals surface area contributed by atoms with Gasteiger partial charge in [-0.25, -0.2) is 4.98 Å². The second-order valence-corrected chi connectivity index (χ2v) is 11.5. The summed E-state index contributed by atoms with van der Waals surface area (Å²) >= 11 is 4.00. The van der Waals surface area contributed by atoms with Crippen molar-refractivity contribution in [2.75, 3.05) is 31.0 Å². The van der Waals surface area contributed by atoms with Crippen LogP contribution in [0.25, 0.3) is 5.52 Å². The molecular weight excluding hydrogens is 566 g/mol. The zero-order valence-electron chi connectivity index (χ0n) is 20.5. The Bertz CT molecular complexity index is 1520. The molecule has 0 spiro atoms. The lowest BCUT2D eigenvalue weighted by Crippen LogP contribution is -2.71. The molecule has 0 saturated carbocycles. The number of hydrogen-bond donors (Lipinski definition) is 3. The molecule has 0 unspecified atom stereocenters. The van der Waals surface area contributed by atoms with Crippen molar-refractivity contribution in [3.8, 4) is 0 Å². The highest BCUT2D eigenvalue weighted by molar-refractivity contribution is 8.00. The van der Waals surface area contributed by atoms with Crippen molar-refractivity contribution in [3.05, 3.63) is 53.1 Å². The number of aromatic nitrogens is 3. The molecule has 2 atom stereocenters. The number of hydrogen-bond acceptors (Lipinski definition) is 12. The second-order valence-electron chi connectivity index (χ2n) is 8.43. The van der Waals surface area contributed by atoms with E-state index in [0.29, 0.717) is 17.1 Å². The van der Waals surface area contributed by atoms with Crippen LogP contribution >= 0.6 is 34.9 Å². The summed E-state index contributed by atoms with van der Waals surface area (Å²) in [5.41, 5.74) is 6.93. The molecule has 2 aliphatic rings. The van der Waals surface area contributed by atoms with E-state index in [4.69, 9.17) is 15.7 Å². The third-order valence-electron chi connectivity index (χ3n) is 6.02. The van der Waals surface area contributed by atoms with Gasteiger partial charge >= 0.3 is 0 Å². The van der Waals surface area contributed by atoms with Gasteiger partial charge in [0.2, 0.25) is 0 Å². The number of anilines is 1. The Morgan fingerprint density at radius 2 is 2.26 bits per heavy atom. The van der Waals surface area contributed by atoms with Gasteiger partial charge in [0.05, 0.1) is 29.5 Å². The smallest absolute Gasteiger partial charge is 0.276 e. The minimum atomic E-state index is -1.46. The topological polar surface area (TPSA) is 179 Å². The predicted octanol–water partition coefficient (Wildman–Crippen LogP) is -1.20. The zero-order chi connectivity index (χ0) is 27.7. The van der Waals surface area contributed by atoms with E-state index in [1.165, 1.54) is 36.0 Å². The molecule has 3 aromatic rings. The Morgan fingerprint density at radius 3 is 2.95 bits per heavy atom. The molecule has 5 rings (SSSR count). The number of aliphatic hydroxyl groups is 1. The molecule has 4 N–H and O–H groups in total. The number of thioether (sulfide) groups is 2. The quantitative estimate of drug-likeness (QED) is 0.0856. The standard InChI is InChI=1S/C23H23N7O6S3/c1-36-27-16(14-11-39-23(24)25-14)19(32)26-17-20(33)30-18(22(34)35)12(10-38-21(17)30)8-28-4-5-29-13(9-28)2-3-15(29)37-7-6-31/h2-5,9,11,17,21,31H,6-8,10H2,1H3,(H3-,24,25,26,32,34,35)/b27-16-/t17-,21+/m1/s1. The number of aliphatic carboxylic acids is 1. The fourth-order valence-electron chi connectivity index (χ4n) is 4.36. The first-order chi connectivity index (χ1) is 18.8. The summed E-state index contributed by atoms with van der Waals surface area (Å²) in [5, 5.41) is 29.7. The van der Waals surface area contributed by atoms with Gasteiger partial charge in [-0.3, -0.25) is 14.5 Å². The van der Waals surface area contributed by atoms with Gasteiger partial charge in [-0.2, -0.15) is 4.57 Å². The summed E-state index contributed by atoms with van der Waals surface area (Å²) < 4.78 is 3.81. The first-order valence-corrected chi connectivity index (χ1v) is 14.5. The number of amides is 2. The fraction of sp³-hybridized carbons (Fsp3) is 0.304. The van der Waals surface area contributed by atoms with E-state index in [1.54, 1.807) is 0 Å². The highest BCUT2D eigenvalue weighted by Gasteiger charge is 2.53. The molecule has 2 aliphatic heterocycles. The van der Waals surface area contributed by atoms with Crippen molar-refractivity contribution in [3.63, 3.8) is 0 Å². The van der Waals surface area contributed by atoms with E-state index in [1.807, 2.05) is 39.7 Å². The summed E-state index contributed by atoms with van der Waals surface area (Å²) in [6.45, 7) is 0.312. The number of carbonyl (C=O) groups excluding carboxylic acids is 3. The van der Waals surface area contributed by atoms with Gasteiger partial charge in [-0.15, -0.1) is 34.9 Å². The number of carboxylic acids is 1. The number of carboxylic acid groups (broad SMARTS) is 1. The van der Waals surface area contributed by atoms with Gasteiger partial charge in [0.25, 0.3) is 11.8 Å². The maximum Gasteiger partial charge on any atom is 0.276 e. The maximum absolute atomic E-state index is 13.1. The number of aliphatic hydroxyl groups excluding tert-OH is 1. The fourth-order valence-corrected chi connectivity index (χ4v) is 7.01. The lowest BCUT2D eigenvalue weighted by molar-refractivity contribution is -0.688. The van der Waals surface area contributed by atoms with Crippen LogP contribution in [0.15, 0.2) is 57.6 Å². The third kappa shape index (κ3) is 5.19. The van der Waals surface area contributed by atoms with Crippen molar-refractivity contribution in [1.29, 1.82) is 0 Å². The monoisotopic (exact) mass is 589 g/mol. The van der Waals surface area contributed by atoms with Crippen LogP contribution in [0.4, 0.5) is 5.13 Å². The Hall–Kier alpha value is -3.60. The first kappa shape index (κ1) is 27.0. The van der Waals surface area contributed by atoms with E-state index in [9.17, 15) is 19.5 Å². The largest absolute Gasteiger partial charge is 0.543 e. The average Bonchev–Trinajstić information content (AvgIpc) is 3.54. The lowest BCUT2D eigenvalue weighted by Gasteiger charge is -2.50. The van der Waals surface area contributed by atoms with Crippen molar-refractivity contribution in [2.45, 2.75) is 23.0 Å². The highest BCUT2D eigenvalue weighted by atomic mass is 32.2.